The molecule has 3 nitrogen and oxygen atoms in total. The Morgan fingerprint density at radius 3 is 2.93 bits per heavy atom. The zero-order valence-electron chi connectivity index (χ0n) is 7.71. The highest BCUT2D eigenvalue weighted by molar-refractivity contribution is 5.45. The third-order valence-corrected chi connectivity index (χ3v) is 1.89. The number of hydrogen-bond acceptors (Lipinski definition) is 3. The first kappa shape index (κ1) is 9.64. The van der Waals surface area contributed by atoms with E-state index in [0.717, 1.165) is 23.8 Å². The maximum absolute atomic E-state index is 13.1. The van der Waals surface area contributed by atoms with Crippen molar-refractivity contribution >= 4 is 5.69 Å². The van der Waals surface area contributed by atoms with Gasteiger partial charge in [-0.2, -0.15) is 0 Å². The molecule has 0 fully saturated rings. The summed E-state index contributed by atoms with van der Waals surface area (Å²) < 4.78 is 30.5. The van der Waals surface area contributed by atoms with Crippen LogP contribution in [-0.4, -0.2) is 5.16 Å². The lowest BCUT2D eigenvalue weighted by atomic mass is 10.3. The maximum atomic E-state index is 13.1. The number of hydrogen-bond donors (Lipinski definition) is 1. The highest BCUT2D eigenvalue weighted by Crippen LogP contribution is 2.16. The lowest BCUT2D eigenvalue weighted by Gasteiger charge is -2.05. The molecule has 78 valence electrons. The van der Waals surface area contributed by atoms with Crippen molar-refractivity contribution in [2.75, 3.05) is 5.32 Å². The van der Waals surface area contributed by atoms with Crippen LogP contribution in [0.1, 0.15) is 5.56 Å². The van der Waals surface area contributed by atoms with Crippen molar-refractivity contribution in [3.8, 4) is 0 Å². The van der Waals surface area contributed by atoms with E-state index in [-0.39, 0.29) is 5.69 Å². The van der Waals surface area contributed by atoms with E-state index in [1.807, 2.05) is 0 Å². The predicted molar refractivity (Wildman–Crippen MR) is 50.2 cm³/mol. The molecule has 0 radical (unpaired) electrons. The highest BCUT2D eigenvalue weighted by atomic mass is 19.1. The van der Waals surface area contributed by atoms with Crippen molar-refractivity contribution in [1.29, 1.82) is 0 Å². The minimum Gasteiger partial charge on any atom is -0.378 e. The Bertz CT molecular complexity index is 443. The number of halogens is 2. The summed E-state index contributed by atoms with van der Waals surface area (Å²) in [5, 5.41) is 6.23. The zero-order chi connectivity index (χ0) is 10.7. The van der Waals surface area contributed by atoms with E-state index in [4.69, 9.17) is 0 Å². The summed E-state index contributed by atoms with van der Waals surface area (Å²) in [6.07, 6.45) is 2.94. The minimum absolute atomic E-state index is 0.121. The molecule has 15 heavy (non-hydrogen) atoms. The fourth-order valence-corrected chi connectivity index (χ4v) is 1.14. The first-order valence-corrected chi connectivity index (χ1v) is 4.33. The largest absolute Gasteiger partial charge is 0.378 e. The fourth-order valence-electron chi connectivity index (χ4n) is 1.14. The topological polar surface area (TPSA) is 38.1 Å². The number of nitrogens with zero attached hydrogens (tertiary/aromatic N) is 1. The summed E-state index contributed by atoms with van der Waals surface area (Å²) >= 11 is 0. The zero-order valence-corrected chi connectivity index (χ0v) is 7.71. The first-order valence-electron chi connectivity index (χ1n) is 4.33. The van der Waals surface area contributed by atoms with E-state index < -0.39 is 11.6 Å². The van der Waals surface area contributed by atoms with Crippen LogP contribution in [0.3, 0.4) is 0 Å². The lowest BCUT2D eigenvalue weighted by molar-refractivity contribution is 0.419. The SMILES string of the molecule is Fc1ccc(F)c(NCc2cnoc2)c1. The average molecular weight is 210 g/mol. The van der Waals surface area contributed by atoms with Crippen molar-refractivity contribution in [3.05, 3.63) is 47.9 Å². The molecule has 1 heterocycles. The molecule has 0 saturated heterocycles. The van der Waals surface area contributed by atoms with E-state index >= 15 is 0 Å². The summed E-state index contributed by atoms with van der Waals surface area (Å²) in [5.41, 5.74) is 0.884. The van der Waals surface area contributed by atoms with Gasteiger partial charge in [0, 0.05) is 12.1 Å². The first-order chi connectivity index (χ1) is 7.25. The molecule has 1 N–H and O–H groups in total. The van der Waals surface area contributed by atoms with Gasteiger partial charge in [0.05, 0.1) is 11.9 Å². The van der Waals surface area contributed by atoms with Crippen LogP contribution in [-0.2, 0) is 6.54 Å². The molecule has 0 aliphatic carbocycles. The van der Waals surface area contributed by atoms with Crippen LogP contribution in [0.5, 0.6) is 0 Å². The summed E-state index contributed by atoms with van der Waals surface area (Å²) in [6, 6.07) is 3.24. The van der Waals surface area contributed by atoms with Gasteiger partial charge in [0.25, 0.3) is 0 Å². The van der Waals surface area contributed by atoms with Crippen LogP contribution in [0.4, 0.5) is 14.5 Å². The molecule has 0 bridgehead atoms. The molecule has 1 aromatic carbocycles. The highest BCUT2D eigenvalue weighted by Gasteiger charge is 2.03. The molecule has 0 unspecified atom stereocenters. The van der Waals surface area contributed by atoms with Crippen LogP contribution < -0.4 is 5.32 Å². The van der Waals surface area contributed by atoms with Crippen molar-refractivity contribution in [3.63, 3.8) is 0 Å². The molecule has 5 heteroatoms. The van der Waals surface area contributed by atoms with Crippen LogP contribution in [0.2, 0.25) is 0 Å². The summed E-state index contributed by atoms with van der Waals surface area (Å²) in [7, 11) is 0. The Morgan fingerprint density at radius 1 is 1.33 bits per heavy atom. The van der Waals surface area contributed by atoms with Gasteiger partial charge in [0.1, 0.15) is 17.9 Å². The molecule has 0 amide bonds. The van der Waals surface area contributed by atoms with Gasteiger partial charge >= 0.3 is 0 Å². The second-order valence-corrected chi connectivity index (χ2v) is 3.01. The van der Waals surface area contributed by atoms with E-state index in [0.29, 0.717) is 6.54 Å². The smallest absolute Gasteiger partial charge is 0.146 e. The van der Waals surface area contributed by atoms with Crippen molar-refractivity contribution < 1.29 is 13.3 Å². The van der Waals surface area contributed by atoms with Gasteiger partial charge in [-0.05, 0) is 18.2 Å². The van der Waals surface area contributed by atoms with Gasteiger partial charge in [0.15, 0.2) is 0 Å². The maximum Gasteiger partial charge on any atom is 0.146 e. The molecular weight excluding hydrogens is 202 g/mol. The number of nitrogens with one attached hydrogen (secondary N) is 1. The Kier molecular flexibility index (Phi) is 2.62. The monoisotopic (exact) mass is 210 g/mol. The molecule has 0 aliphatic rings. The van der Waals surface area contributed by atoms with Gasteiger partial charge < -0.3 is 9.84 Å². The molecule has 2 rings (SSSR count). The van der Waals surface area contributed by atoms with Crippen molar-refractivity contribution in [2.24, 2.45) is 0 Å². The molecule has 0 atom stereocenters. The second-order valence-electron chi connectivity index (χ2n) is 3.01. The summed E-state index contributed by atoms with van der Waals surface area (Å²) in [4.78, 5) is 0. The fraction of sp³-hybridized carbons (Fsp3) is 0.100. The Balaban J connectivity index is 2.07. The van der Waals surface area contributed by atoms with Crippen LogP contribution in [0.25, 0.3) is 0 Å². The van der Waals surface area contributed by atoms with E-state index in [9.17, 15) is 8.78 Å². The Morgan fingerprint density at radius 2 is 2.20 bits per heavy atom. The molecule has 1 aromatic heterocycles. The molecule has 0 aliphatic heterocycles. The van der Waals surface area contributed by atoms with E-state index in [2.05, 4.69) is 15.0 Å². The third-order valence-electron chi connectivity index (χ3n) is 1.89. The van der Waals surface area contributed by atoms with Gasteiger partial charge in [-0.15, -0.1) is 0 Å². The molecular formula is C10H8F2N2O. The molecule has 0 spiro atoms. The van der Waals surface area contributed by atoms with Crippen molar-refractivity contribution in [2.45, 2.75) is 6.54 Å². The quantitative estimate of drug-likeness (QED) is 0.846. The normalized spacial score (nSPS) is 10.3. The second kappa shape index (κ2) is 4.08. The lowest BCUT2D eigenvalue weighted by Crippen LogP contribution is -2.00. The van der Waals surface area contributed by atoms with Crippen LogP contribution in [0.15, 0.2) is 35.2 Å². The number of anilines is 1. The predicted octanol–water partition coefficient (Wildman–Crippen LogP) is 2.56. The van der Waals surface area contributed by atoms with Crippen LogP contribution >= 0.6 is 0 Å². The van der Waals surface area contributed by atoms with Gasteiger partial charge in [-0.1, -0.05) is 5.16 Å². The van der Waals surface area contributed by atoms with Gasteiger partial charge in [-0.25, -0.2) is 8.78 Å². The molecule has 2 aromatic rings. The standard InChI is InChI=1S/C10H8F2N2O/c11-8-1-2-9(12)10(3-8)13-4-7-5-14-15-6-7/h1-3,5-6,13H,4H2. The Labute approximate surface area is 84.7 Å². The third kappa shape index (κ3) is 2.31. The average Bonchev–Trinajstić information content (AvgIpc) is 2.72. The van der Waals surface area contributed by atoms with Crippen LogP contribution in [0, 0.1) is 11.6 Å². The van der Waals surface area contributed by atoms with Gasteiger partial charge in [-0.3, -0.25) is 0 Å². The number of benzene rings is 1. The van der Waals surface area contributed by atoms with E-state index in [1.54, 1.807) is 0 Å². The van der Waals surface area contributed by atoms with Gasteiger partial charge in [0.2, 0.25) is 0 Å². The van der Waals surface area contributed by atoms with E-state index in [1.165, 1.54) is 12.5 Å². The number of rotatable bonds is 3. The summed E-state index contributed by atoms with van der Waals surface area (Å²) in [6.45, 7) is 0.337. The molecule has 0 saturated carbocycles. The van der Waals surface area contributed by atoms with Crippen molar-refractivity contribution in [1.82, 2.24) is 5.16 Å². The number of aromatic nitrogens is 1. The minimum atomic E-state index is -0.493. The summed E-state index contributed by atoms with van der Waals surface area (Å²) in [5.74, 6) is -0.975. The Hall–Kier alpha value is -1.91.